The van der Waals surface area contributed by atoms with Gasteiger partial charge in [-0.25, -0.2) is 0 Å². The van der Waals surface area contributed by atoms with Crippen molar-refractivity contribution in [2.75, 3.05) is 5.75 Å². The summed E-state index contributed by atoms with van der Waals surface area (Å²) in [7, 11) is 1.97. The van der Waals surface area contributed by atoms with Crippen LogP contribution in [0.5, 0.6) is 0 Å². The number of pyridine rings is 1. The summed E-state index contributed by atoms with van der Waals surface area (Å²) in [4.78, 5) is 5.62. The molecule has 1 aromatic carbocycles. The van der Waals surface area contributed by atoms with Gasteiger partial charge >= 0.3 is 0 Å². The molecule has 0 bridgehead atoms. The van der Waals surface area contributed by atoms with Crippen molar-refractivity contribution in [2.45, 2.75) is 23.9 Å². The minimum atomic E-state index is 0.407. The molecule has 0 spiro atoms. The van der Waals surface area contributed by atoms with E-state index < -0.39 is 0 Å². The molecule has 122 valence electrons. The number of rotatable bonds is 4. The third kappa shape index (κ3) is 3.09. The average Bonchev–Trinajstić information content (AvgIpc) is 3.01. The molecule has 5 heteroatoms. The van der Waals surface area contributed by atoms with Gasteiger partial charge in [0.05, 0.1) is 5.69 Å². The lowest BCUT2D eigenvalue weighted by molar-refractivity contribution is 0.510. The zero-order valence-electron chi connectivity index (χ0n) is 13.6. The Hall–Kier alpha value is -2.11. The molecule has 1 N–H and O–H groups in total. The van der Waals surface area contributed by atoms with E-state index in [0.717, 1.165) is 30.0 Å². The summed E-state index contributed by atoms with van der Waals surface area (Å²) < 4.78 is 1.88. The Morgan fingerprint density at radius 3 is 3.04 bits per heavy atom. The Morgan fingerprint density at radius 1 is 1.25 bits per heavy atom. The summed E-state index contributed by atoms with van der Waals surface area (Å²) in [5.41, 5.74) is 4.70. The van der Waals surface area contributed by atoms with Crippen LogP contribution in [0.4, 0.5) is 0 Å². The minimum absolute atomic E-state index is 0.407. The summed E-state index contributed by atoms with van der Waals surface area (Å²) in [6, 6.07) is 13.1. The van der Waals surface area contributed by atoms with Crippen LogP contribution < -0.4 is 5.32 Å². The fourth-order valence-corrected chi connectivity index (χ4v) is 4.33. The molecule has 1 aliphatic rings. The number of hydrogen-bond donors (Lipinski definition) is 1. The van der Waals surface area contributed by atoms with Crippen LogP contribution in [-0.2, 0) is 13.6 Å². The van der Waals surface area contributed by atoms with Crippen molar-refractivity contribution in [3.63, 3.8) is 0 Å². The van der Waals surface area contributed by atoms with Gasteiger partial charge in [0.25, 0.3) is 0 Å². The Morgan fingerprint density at radius 2 is 2.17 bits per heavy atom. The van der Waals surface area contributed by atoms with Crippen molar-refractivity contribution >= 4 is 11.8 Å². The lowest BCUT2D eigenvalue weighted by Crippen LogP contribution is -2.24. The first kappa shape index (κ1) is 15.4. The van der Waals surface area contributed by atoms with Gasteiger partial charge < -0.3 is 5.32 Å². The minimum Gasteiger partial charge on any atom is -0.306 e. The molecular formula is C19H20N4S. The van der Waals surface area contributed by atoms with Crippen LogP contribution >= 0.6 is 11.8 Å². The monoisotopic (exact) mass is 336 g/mol. The van der Waals surface area contributed by atoms with Crippen LogP contribution in [-0.4, -0.2) is 20.5 Å². The number of nitrogens with zero attached hydrogens (tertiary/aromatic N) is 3. The molecule has 0 fully saturated rings. The van der Waals surface area contributed by atoms with Crippen molar-refractivity contribution < 1.29 is 0 Å². The van der Waals surface area contributed by atoms with Crippen LogP contribution in [0.2, 0.25) is 0 Å². The van der Waals surface area contributed by atoms with Crippen molar-refractivity contribution in [2.24, 2.45) is 7.05 Å². The molecule has 2 aromatic heterocycles. The van der Waals surface area contributed by atoms with Gasteiger partial charge in [0.2, 0.25) is 0 Å². The highest BCUT2D eigenvalue weighted by Crippen LogP contribution is 2.36. The van der Waals surface area contributed by atoms with Gasteiger partial charge in [0, 0.05) is 54.2 Å². The first-order valence-corrected chi connectivity index (χ1v) is 9.18. The maximum absolute atomic E-state index is 4.62. The quantitative estimate of drug-likeness (QED) is 0.787. The van der Waals surface area contributed by atoms with E-state index in [4.69, 9.17) is 0 Å². The van der Waals surface area contributed by atoms with Crippen molar-refractivity contribution in [1.29, 1.82) is 0 Å². The lowest BCUT2D eigenvalue weighted by Gasteiger charge is -2.26. The van der Waals surface area contributed by atoms with Gasteiger partial charge in [-0.05, 0) is 35.9 Å². The standard InChI is InChI=1S/C19H20N4S/c1-23-13-15(19(22-23)14-5-4-9-20-11-14)12-21-17-8-10-24-18-7-3-2-6-16(17)18/h2-7,9,11,13,17,21H,8,10,12H2,1H3/t17-/m1/s1. The van der Waals surface area contributed by atoms with E-state index in [-0.39, 0.29) is 0 Å². The molecule has 3 aromatic rings. The lowest BCUT2D eigenvalue weighted by atomic mass is 10.0. The third-order valence-electron chi connectivity index (χ3n) is 4.34. The van der Waals surface area contributed by atoms with Crippen LogP contribution in [0.3, 0.4) is 0 Å². The van der Waals surface area contributed by atoms with E-state index in [1.807, 2.05) is 35.8 Å². The maximum atomic E-state index is 4.62. The fraction of sp³-hybridized carbons (Fsp3) is 0.263. The molecule has 3 heterocycles. The number of aromatic nitrogens is 3. The van der Waals surface area contributed by atoms with E-state index >= 15 is 0 Å². The summed E-state index contributed by atoms with van der Waals surface area (Å²) in [5, 5.41) is 8.35. The molecule has 4 nitrogen and oxygen atoms in total. The number of hydrogen-bond acceptors (Lipinski definition) is 4. The third-order valence-corrected chi connectivity index (χ3v) is 5.46. The molecule has 0 saturated heterocycles. The highest BCUT2D eigenvalue weighted by molar-refractivity contribution is 7.99. The number of nitrogens with one attached hydrogen (secondary N) is 1. The van der Waals surface area contributed by atoms with E-state index in [0.29, 0.717) is 6.04 Å². The summed E-state index contributed by atoms with van der Waals surface area (Å²) in [5.74, 6) is 1.16. The van der Waals surface area contributed by atoms with Gasteiger partial charge in [-0.2, -0.15) is 5.10 Å². The maximum Gasteiger partial charge on any atom is 0.0983 e. The van der Waals surface area contributed by atoms with Gasteiger partial charge in [0.1, 0.15) is 0 Å². The van der Waals surface area contributed by atoms with Crippen molar-refractivity contribution in [3.05, 3.63) is 66.1 Å². The second-order valence-electron chi connectivity index (χ2n) is 6.03. The summed E-state index contributed by atoms with van der Waals surface area (Å²) in [6.45, 7) is 0.807. The Bertz CT molecular complexity index is 828. The number of fused-ring (bicyclic) bond motifs is 1. The molecule has 1 atom stereocenters. The van der Waals surface area contributed by atoms with Gasteiger partial charge in [-0.1, -0.05) is 18.2 Å². The van der Waals surface area contributed by atoms with Gasteiger partial charge in [-0.15, -0.1) is 11.8 Å². The van der Waals surface area contributed by atoms with E-state index in [2.05, 4.69) is 51.9 Å². The van der Waals surface area contributed by atoms with Crippen LogP contribution in [0.1, 0.15) is 23.6 Å². The van der Waals surface area contributed by atoms with Gasteiger partial charge in [0.15, 0.2) is 0 Å². The highest BCUT2D eigenvalue weighted by Gasteiger charge is 2.20. The summed E-state index contributed by atoms with van der Waals surface area (Å²) >= 11 is 1.95. The Kier molecular flexibility index (Phi) is 4.36. The smallest absolute Gasteiger partial charge is 0.0983 e. The first-order chi connectivity index (χ1) is 11.8. The highest BCUT2D eigenvalue weighted by atomic mass is 32.2. The number of aryl methyl sites for hydroxylation is 1. The van der Waals surface area contributed by atoms with E-state index in [1.54, 1.807) is 6.20 Å². The van der Waals surface area contributed by atoms with E-state index in [9.17, 15) is 0 Å². The predicted molar refractivity (Wildman–Crippen MR) is 97.8 cm³/mol. The van der Waals surface area contributed by atoms with Crippen molar-refractivity contribution in [1.82, 2.24) is 20.1 Å². The fourth-order valence-electron chi connectivity index (χ4n) is 3.20. The second-order valence-corrected chi connectivity index (χ2v) is 7.16. The molecule has 1 aliphatic heterocycles. The van der Waals surface area contributed by atoms with E-state index in [1.165, 1.54) is 16.0 Å². The molecule has 0 amide bonds. The zero-order chi connectivity index (χ0) is 16.4. The Balaban J connectivity index is 1.56. The van der Waals surface area contributed by atoms with Crippen LogP contribution in [0, 0.1) is 0 Å². The summed E-state index contributed by atoms with van der Waals surface area (Å²) in [6.07, 6.45) is 6.92. The first-order valence-electron chi connectivity index (χ1n) is 8.19. The number of benzene rings is 1. The zero-order valence-corrected chi connectivity index (χ0v) is 14.5. The van der Waals surface area contributed by atoms with Crippen LogP contribution in [0.25, 0.3) is 11.3 Å². The number of thioether (sulfide) groups is 1. The largest absolute Gasteiger partial charge is 0.306 e. The SMILES string of the molecule is Cn1cc(CN[C@@H]2CCSc3ccccc32)c(-c2cccnc2)n1. The molecule has 0 unspecified atom stereocenters. The molecular weight excluding hydrogens is 316 g/mol. The van der Waals surface area contributed by atoms with Crippen molar-refractivity contribution in [3.8, 4) is 11.3 Å². The average molecular weight is 336 g/mol. The predicted octanol–water partition coefficient (Wildman–Crippen LogP) is 3.81. The normalized spacial score (nSPS) is 16.8. The molecule has 4 rings (SSSR count). The topological polar surface area (TPSA) is 42.7 Å². The van der Waals surface area contributed by atoms with Crippen LogP contribution in [0.15, 0.2) is 59.9 Å². The second kappa shape index (κ2) is 6.79. The molecule has 24 heavy (non-hydrogen) atoms. The Labute approximate surface area is 146 Å². The molecule has 0 saturated carbocycles. The molecule has 0 radical (unpaired) electrons. The van der Waals surface area contributed by atoms with Gasteiger partial charge in [-0.3, -0.25) is 9.67 Å². The molecule has 0 aliphatic carbocycles.